The predicted octanol–water partition coefficient (Wildman–Crippen LogP) is 2.96. The Hall–Kier alpha value is -1.86. The minimum Gasteiger partial charge on any atom is -0.353 e. The highest BCUT2D eigenvalue weighted by Gasteiger charge is 2.10. The van der Waals surface area contributed by atoms with Crippen molar-refractivity contribution < 1.29 is 0 Å². The van der Waals surface area contributed by atoms with Crippen LogP contribution in [0.25, 0.3) is 0 Å². The van der Waals surface area contributed by atoms with E-state index >= 15 is 0 Å². The summed E-state index contributed by atoms with van der Waals surface area (Å²) in [4.78, 5) is 7.59. The molecule has 0 saturated heterocycles. The highest BCUT2D eigenvalue weighted by Crippen LogP contribution is 2.21. The van der Waals surface area contributed by atoms with Gasteiger partial charge in [0.1, 0.15) is 11.9 Å². The molecule has 4 heteroatoms. The summed E-state index contributed by atoms with van der Waals surface area (Å²) in [5.74, 6) is 0.739. The van der Waals surface area contributed by atoms with Crippen LogP contribution in [0, 0.1) is 18.3 Å². The van der Waals surface area contributed by atoms with Crippen molar-refractivity contribution >= 4 is 17.2 Å². The first kappa shape index (κ1) is 11.6. The summed E-state index contributed by atoms with van der Waals surface area (Å²) in [7, 11) is 1.96. The number of hydrogen-bond acceptors (Lipinski definition) is 4. The Bertz CT molecular complexity index is 554. The minimum atomic E-state index is 0.615. The number of anilines is 1. The van der Waals surface area contributed by atoms with E-state index in [4.69, 9.17) is 5.26 Å². The first-order valence-corrected chi connectivity index (χ1v) is 6.19. The van der Waals surface area contributed by atoms with Crippen LogP contribution < -0.4 is 4.90 Å². The van der Waals surface area contributed by atoms with Crippen LogP contribution in [-0.4, -0.2) is 12.0 Å². The predicted molar refractivity (Wildman–Crippen MR) is 70.1 cm³/mol. The third-order valence-electron chi connectivity index (χ3n) is 2.62. The van der Waals surface area contributed by atoms with Crippen LogP contribution in [0.4, 0.5) is 5.82 Å². The average molecular weight is 243 g/mol. The summed E-state index contributed by atoms with van der Waals surface area (Å²) in [5.41, 5.74) is 1.90. The van der Waals surface area contributed by atoms with E-state index in [1.807, 2.05) is 11.9 Å². The van der Waals surface area contributed by atoms with Crippen LogP contribution in [0.1, 0.15) is 16.0 Å². The lowest BCUT2D eigenvalue weighted by atomic mass is 10.2. The second-order valence-corrected chi connectivity index (χ2v) is 4.87. The monoisotopic (exact) mass is 243 g/mol. The standard InChI is InChI=1S/C13H13N3S/c1-10-5-7-17-12(10)9-16(2)13-11(8-14)4-3-6-15-13/h3-7H,9H2,1-2H3. The van der Waals surface area contributed by atoms with Crippen molar-refractivity contribution in [1.82, 2.24) is 4.98 Å². The second-order valence-electron chi connectivity index (χ2n) is 3.87. The molecule has 0 saturated carbocycles. The van der Waals surface area contributed by atoms with Gasteiger partial charge < -0.3 is 4.90 Å². The molecule has 2 aromatic heterocycles. The fraction of sp³-hybridized carbons (Fsp3) is 0.231. The molecule has 0 aromatic carbocycles. The smallest absolute Gasteiger partial charge is 0.146 e. The maximum atomic E-state index is 9.03. The lowest BCUT2D eigenvalue weighted by Gasteiger charge is -2.18. The summed E-state index contributed by atoms with van der Waals surface area (Å²) in [6.45, 7) is 2.89. The van der Waals surface area contributed by atoms with Crippen molar-refractivity contribution in [2.75, 3.05) is 11.9 Å². The minimum absolute atomic E-state index is 0.615. The molecule has 0 aliphatic heterocycles. The number of thiophene rings is 1. The third kappa shape index (κ3) is 2.45. The highest BCUT2D eigenvalue weighted by atomic mass is 32.1. The Morgan fingerprint density at radius 1 is 1.47 bits per heavy atom. The summed E-state index contributed by atoms with van der Waals surface area (Å²) in [6.07, 6.45) is 1.72. The van der Waals surface area contributed by atoms with E-state index in [2.05, 4.69) is 29.4 Å². The van der Waals surface area contributed by atoms with Gasteiger partial charge in [0.2, 0.25) is 0 Å². The van der Waals surface area contributed by atoms with E-state index in [1.165, 1.54) is 10.4 Å². The molecule has 0 amide bonds. The van der Waals surface area contributed by atoms with Gasteiger partial charge in [0.25, 0.3) is 0 Å². The van der Waals surface area contributed by atoms with Gasteiger partial charge in [0, 0.05) is 18.1 Å². The van der Waals surface area contributed by atoms with E-state index in [1.54, 1.807) is 29.7 Å². The Balaban J connectivity index is 2.24. The molecule has 0 atom stereocenters. The Labute approximate surface area is 105 Å². The normalized spacial score (nSPS) is 9.94. The largest absolute Gasteiger partial charge is 0.353 e. The van der Waals surface area contributed by atoms with E-state index in [-0.39, 0.29) is 0 Å². The molecule has 0 fully saturated rings. The average Bonchev–Trinajstić information content (AvgIpc) is 2.75. The van der Waals surface area contributed by atoms with Crippen LogP contribution in [0.3, 0.4) is 0 Å². The van der Waals surface area contributed by atoms with E-state index in [9.17, 15) is 0 Å². The maximum absolute atomic E-state index is 9.03. The SMILES string of the molecule is Cc1ccsc1CN(C)c1ncccc1C#N. The molecule has 3 nitrogen and oxygen atoms in total. The summed E-state index contributed by atoms with van der Waals surface area (Å²) in [5, 5.41) is 11.1. The lowest BCUT2D eigenvalue weighted by Crippen LogP contribution is -2.18. The van der Waals surface area contributed by atoms with Gasteiger partial charge >= 0.3 is 0 Å². The van der Waals surface area contributed by atoms with Gasteiger partial charge in [0.15, 0.2) is 0 Å². The number of nitriles is 1. The van der Waals surface area contributed by atoms with Crippen molar-refractivity contribution in [3.8, 4) is 6.07 Å². The van der Waals surface area contributed by atoms with Crippen molar-refractivity contribution in [1.29, 1.82) is 5.26 Å². The van der Waals surface area contributed by atoms with Gasteiger partial charge in [-0.1, -0.05) is 0 Å². The van der Waals surface area contributed by atoms with Crippen molar-refractivity contribution in [3.63, 3.8) is 0 Å². The molecule has 0 radical (unpaired) electrons. The fourth-order valence-electron chi connectivity index (χ4n) is 1.64. The molecule has 0 aliphatic rings. The number of aryl methyl sites for hydroxylation is 1. The molecule has 0 N–H and O–H groups in total. The summed E-state index contributed by atoms with van der Waals surface area (Å²) in [6, 6.07) is 7.85. The third-order valence-corrected chi connectivity index (χ3v) is 3.63. The molecular formula is C13H13N3S. The molecule has 86 valence electrons. The summed E-state index contributed by atoms with van der Waals surface area (Å²) < 4.78 is 0. The van der Waals surface area contributed by atoms with E-state index < -0.39 is 0 Å². The zero-order chi connectivity index (χ0) is 12.3. The molecule has 2 rings (SSSR count). The van der Waals surface area contributed by atoms with E-state index in [0.717, 1.165) is 12.4 Å². The van der Waals surface area contributed by atoms with E-state index in [0.29, 0.717) is 5.56 Å². The van der Waals surface area contributed by atoms with Gasteiger partial charge in [0.05, 0.1) is 12.1 Å². The molecule has 2 heterocycles. The first-order chi connectivity index (χ1) is 8.22. The Kier molecular flexibility index (Phi) is 3.40. The number of hydrogen-bond donors (Lipinski definition) is 0. The number of nitrogens with zero attached hydrogens (tertiary/aromatic N) is 3. The lowest BCUT2D eigenvalue weighted by molar-refractivity contribution is 0.904. The molecule has 0 bridgehead atoms. The zero-order valence-corrected chi connectivity index (χ0v) is 10.7. The Morgan fingerprint density at radius 2 is 2.29 bits per heavy atom. The van der Waals surface area contributed by atoms with Gasteiger partial charge in [-0.25, -0.2) is 4.98 Å². The maximum Gasteiger partial charge on any atom is 0.146 e. The Morgan fingerprint density at radius 3 is 2.94 bits per heavy atom. The quantitative estimate of drug-likeness (QED) is 0.832. The molecule has 17 heavy (non-hydrogen) atoms. The fourth-order valence-corrected chi connectivity index (χ4v) is 2.60. The van der Waals surface area contributed by atoms with Gasteiger partial charge in [-0.15, -0.1) is 11.3 Å². The molecular weight excluding hydrogens is 230 g/mol. The number of aromatic nitrogens is 1. The molecule has 0 unspecified atom stereocenters. The number of pyridine rings is 1. The van der Waals surface area contributed by atoms with Crippen LogP contribution in [0.15, 0.2) is 29.8 Å². The van der Waals surface area contributed by atoms with Crippen molar-refractivity contribution in [2.45, 2.75) is 13.5 Å². The van der Waals surface area contributed by atoms with Gasteiger partial charge in [-0.2, -0.15) is 5.26 Å². The number of rotatable bonds is 3. The second kappa shape index (κ2) is 4.98. The summed E-state index contributed by atoms with van der Waals surface area (Å²) >= 11 is 1.73. The molecule has 0 spiro atoms. The van der Waals surface area contributed by atoms with Crippen LogP contribution >= 0.6 is 11.3 Å². The van der Waals surface area contributed by atoms with Crippen molar-refractivity contribution in [2.24, 2.45) is 0 Å². The van der Waals surface area contributed by atoms with Crippen LogP contribution in [0.5, 0.6) is 0 Å². The molecule has 0 aliphatic carbocycles. The van der Waals surface area contributed by atoms with Gasteiger partial charge in [-0.3, -0.25) is 0 Å². The molecule has 2 aromatic rings. The first-order valence-electron chi connectivity index (χ1n) is 5.31. The van der Waals surface area contributed by atoms with Crippen molar-refractivity contribution in [3.05, 3.63) is 45.8 Å². The van der Waals surface area contributed by atoms with Gasteiger partial charge in [-0.05, 0) is 36.1 Å². The van der Waals surface area contributed by atoms with Crippen LogP contribution in [-0.2, 0) is 6.54 Å². The zero-order valence-electron chi connectivity index (χ0n) is 9.84. The highest BCUT2D eigenvalue weighted by molar-refractivity contribution is 7.10. The van der Waals surface area contributed by atoms with Crippen LogP contribution in [0.2, 0.25) is 0 Å². The topological polar surface area (TPSA) is 39.9 Å².